The molecule has 126 valence electrons. The molecule has 1 atom stereocenters. The first-order valence-corrected chi connectivity index (χ1v) is 8.29. The molecule has 5 heteroatoms. The average Bonchev–Trinajstić information content (AvgIpc) is 2.54. The fourth-order valence-electron chi connectivity index (χ4n) is 2.86. The van der Waals surface area contributed by atoms with Gasteiger partial charge in [0.15, 0.2) is 0 Å². The molecule has 0 spiro atoms. The van der Waals surface area contributed by atoms with Crippen LogP contribution >= 0.6 is 0 Å². The molecule has 0 bridgehead atoms. The van der Waals surface area contributed by atoms with Crippen molar-refractivity contribution in [3.8, 4) is 0 Å². The summed E-state index contributed by atoms with van der Waals surface area (Å²) >= 11 is 0. The molecule has 0 aliphatic carbocycles. The van der Waals surface area contributed by atoms with Crippen LogP contribution in [0.3, 0.4) is 0 Å². The maximum Gasteiger partial charge on any atom is 0.227 e. The monoisotopic (exact) mass is 317 g/mol. The Kier molecular flexibility index (Phi) is 5.39. The molecule has 2 amide bonds. The van der Waals surface area contributed by atoms with Crippen molar-refractivity contribution >= 4 is 11.8 Å². The third-order valence-electron chi connectivity index (χ3n) is 4.28. The Morgan fingerprint density at radius 1 is 1.26 bits per heavy atom. The van der Waals surface area contributed by atoms with Crippen molar-refractivity contribution in [1.82, 2.24) is 15.2 Å². The molecule has 2 heterocycles. The molecule has 1 saturated heterocycles. The van der Waals surface area contributed by atoms with Gasteiger partial charge in [0, 0.05) is 30.6 Å². The van der Waals surface area contributed by atoms with Crippen molar-refractivity contribution in [1.29, 1.82) is 0 Å². The van der Waals surface area contributed by atoms with Crippen LogP contribution in [-0.4, -0.2) is 34.8 Å². The lowest BCUT2D eigenvalue weighted by Gasteiger charge is -2.35. The van der Waals surface area contributed by atoms with Gasteiger partial charge in [-0.3, -0.25) is 14.6 Å². The highest BCUT2D eigenvalue weighted by Gasteiger charge is 2.32. The summed E-state index contributed by atoms with van der Waals surface area (Å²) in [6, 6.07) is 5.59. The zero-order chi connectivity index (χ0) is 17.0. The highest BCUT2D eigenvalue weighted by atomic mass is 16.2. The van der Waals surface area contributed by atoms with Crippen LogP contribution in [0.1, 0.15) is 52.3 Å². The Hall–Kier alpha value is -1.91. The number of nitrogens with one attached hydrogen (secondary N) is 1. The van der Waals surface area contributed by atoms with E-state index in [-0.39, 0.29) is 29.2 Å². The lowest BCUT2D eigenvalue weighted by atomic mass is 9.90. The predicted octanol–water partition coefficient (Wildman–Crippen LogP) is 2.54. The molecule has 1 N–H and O–H groups in total. The number of likely N-dealkylation sites (tertiary alicyclic amines) is 1. The van der Waals surface area contributed by atoms with Gasteiger partial charge in [-0.05, 0) is 31.9 Å². The normalized spacial score (nSPS) is 17.7. The number of pyridine rings is 1. The maximum absolute atomic E-state index is 12.4. The van der Waals surface area contributed by atoms with Crippen LogP contribution in [0.5, 0.6) is 0 Å². The lowest BCUT2D eigenvalue weighted by molar-refractivity contribution is -0.142. The first-order chi connectivity index (χ1) is 10.8. The van der Waals surface area contributed by atoms with Crippen LogP contribution in [0.4, 0.5) is 0 Å². The van der Waals surface area contributed by atoms with E-state index in [9.17, 15) is 9.59 Å². The van der Waals surface area contributed by atoms with Gasteiger partial charge in [-0.2, -0.15) is 0 Å². The highest BCUT2D eigenvalue weighted by molar-refractivity contribution is 5.82. The second kappa shape index (κ2) is 7.11. The summed E-state index contributed by atoms with van der Waals surface area (Å²) in [5.74, 6) is 0.203. The van der Waals surface area contributed by atoms with E-state index in [1.807, 2.05) is 50.8 Å². The minimum absolute atomic E-state index is 0.0230. The van der Waals surface area contributed by atoms with Crippen molar-refractivity contribution in [3.05, 3.63) is 30.1 Å². The van der Waals surface area contributed by atoms with Crippen molar-refractivity contribution in [2.24, 2.45) is 11.3 Å². The third kappa shape index (κ3) is 4.53. The summed E-state index contributed by atoms with van der Waals surface area (Å²) in [7, 11) is 0. The van der Waals surface area contributed by atoms with Crippen molar-refractivity contribution in [2.45, 2.75) is 46.6 Å². The molecule has 1 aromatic heterocycles. The first kappa shape index (κ1) is 17.4. The Bertz CT molecular complexity index is 543. The summed E-state index contributed by atoms with van der Waals surface area (Å²) in [6.45, 7) is 9.06. The minimum atomic E-state index is -0.359. The van der Waals surface area contributed by atoms with E-state index in [1.54, 1.807) is 6.20 Å². The number of piperidine rings is 1. The van der Waals surface area contributed by atoms with Crippen LogP contribution in [-0.2, 0) is 9.59 Å². The smallest absolute Gasteiger partial charge is 0.227 e. The summed E-state index contributed by atoms with van der Waals surface area (Å²) in [5, 5.41) is 3.04. The molecule has 0 unspecified atom stereocenters. The SMILES string of the molecule is C[C@@H](NC(=O)C1CCN(C(=O)C(C)(C)C)CC1)c1ccccn1. The van der Waals surface area contributed by atoms with Gasteiger partial charge in [-0.25, -0.2) is 0 Å². The van der Waals surface area contributed by atoms with Crippen LogP contribution < -0.4 is 5.32 Å². The molecule has 1 aliphatic rings. The van der Waals surface area contributed by atoms with Crippen LogP contribution in [0.25, 0.3) is 0 Å². The number of hydrogen-bond acceptors (Lipinski definition) is 3. The molecule has 1 aromatic rings. The van der Waals surface area contributed by atoms with Gasteiger partial charge in [0.25, 0.3) is 0 Å². The number of nitrogens with zero attached hydrogens (tertiary/aromatic N) is 2. The fraction of sp³-hybridized carbons (Fsp3) is 0.611. The summed E-state index contributed by atoms with van der Waals surface area (Å²) in [5.41, 5.74) is 0.504. The van der Waals surface area contributed by atoms with Crippen molar-refractivity contribution in [2.75, 3.05) is 13.1 Å². The first-order valence-electron chi connectivity index (χ1n) is 8.29. The zero-order valence-electron chi connectivity index (χ0n) is 14.5. The minimum Gasteiger partial charge on any atom is -0.348 e. The van der Waals surface area contributed by atoms with Gasteiger partial charge in [0.05, 0.1) is 11.7 Å². The standard InChI is InChI=1S/C18H27N3O2/c1-13(15-7-5-6-10-19-15)20-16(22)14-8-11-21(12-9-14)17(23)18(2,3)4/h5-7,10,13-14H,8-9,11-12H2,1-4H3,(H,20,22)/t13-/m1/s1. The number of carbonyl (C=O) groups excluding carboxylic acids is 2. The quantitative estimate of drug-likeness (QED) is 0.932. The third-order valence-corrected chi connectivity index (χ3v) is 4.28. The molecule has 23 heavy (non-hydrogen) atoms. The van der Waals surface area contributed by atoms with Crippen LogP contribution in [0.2, 0.25) is 0 Å². The molecule has 0 saturated carbocycles. The highest BCUT2D eigenvalue weighted by Crippen LogP contribution is 2.24. The summed E-state index contributed by atoms with van der Waals surface area (Å²) in [6.07, 6.45) is 3.18. The van der Waals surface area contributed by atoms with Crippen LogP contribution in [0.15, 0.2) is 24.4 Å². The molecular weight excluding hydrogens is 290 g/mol. The van der Waals surface area contributed by atoms with Gasteiger partial charge in [0.1, 0.15) is 0 Å². The van der Waals surface area contributed by atoms with Crippen molar-refractivity contribution in [3.63, 3.8) is 0 Å². The molecule has 5 nitrogen and oxygen atoms in total. The second-order valence-corrected chi connectivity index (χ2v) is 7.30. The average molecular weight is 317 g/mol. The number of aromatic nitrogens is 1. The molecule has 1 fully saturated rings. The van der Waals surface area contributed by atoms with Gasteiger partial charge in [-0.1, -0.05) is 26.8 Å². The summed E-state index contributed by atoms with van der Waals surface area (Å²) < 4.78 is 0. The van der Waals surface area contributed by atoms with E-state index in [0.29, 0.717) is 13.1 Å². The van der Waals surface area contributed by atoms with E-state index in [4.69, 9.17) is 0 Å². The molecule has 0 radical (unpaired) electrons. The van der Waals surface area contributed by atoms with E-state index in [1.165, 1.54) is 0 Å². The number of carbonyl (C=O) groups is 2. The van der Waals surface area contributed by atoms with E-state index >= 15 is 0 Å². The van der Waals surface area contributed by atoms with E-state index in [2.05, 4.69) is 10.3 Å². The molecule has 1 aliphatic heterocycles. The van der Waals surface area contributed by atoms with Gasteiger partial charge in [-0.15, -0.1) is 0 Å². The number of hydrogen-bond donors (Lipinski definition) is 1. The summed E-state index contributed by atoms with van der Waals surface area (Å²) in [4.78, 5) is 30.8. The fourth-order valence-corrected chi connectivity index (χ4v) is 2.86. The predicted molar refractivity (Wildman–Crippen MR) is 89.6 cm³/mol. The Morgan fingerprint density at radius 3 is 2.43 bits per heavy atom. The molecule has 0 aromatic carbocycles. The van der Waals surface area contributed by atoms with Crippen LogP contribution in [0, 0.1) is 11.3 Å². The number of rotatable bonds is 3. The van der Waals surface area contributed by atoms with E-state index < -0.39 is 0 Å². The Morgan fingerprint density at radius 2 is 1.91 bits per heavy atom. The van der Waals surface area contributed by atoms with Gasteiger partial charge >= 0.3 is 0 Å². The number of amides is 2. The van der Waals surface area contributed by atoms with E-state index in [0.717, 1.165) is 18.5 Å². The zero-order valence-corrected chi connectivity index (χ0v) is 14.5. The topological polar surface area (TPSA) is 62.3 Å². The molecular formula is C18H27N3O2. The maximum atomic E-state index is 12.4. The van der Waals surface area contributed by atoms with Gasteiger partial charge in [0.2, 0.25) is 11.8 Å². The van der Waals surface area contributed by atoms with Gasteiger partial charge < -0.3 is 10.2 Å². The Labute approximate surface area is 138 Å². The molecule has 2 rings (SSSR count). The van der Waals surface area contributed by atoms with Crippen molar-refractivity contribution < 1.29 is 9.59 Å². The Balaban J connectivity index is 1.85. The largest absolute Gasteiger partial charge is 0.348 e. The lowest BCUT2D eigenvalue weighted by Crippen LogP contribution is -2.46. The second-order valence-electron chi connectivity index (χ2n) is 7.30.